The summed E-state index contributed by atoms with van der Waals surface area (Å²) in [4.78, 5) is 24.2. The smallest absolute Gasteiger partial charge is 0.309 e. The lowest BCUT2D eigenvalue weighted by atomic mass is 9.74. The number of pyridine rings is 1. The number of ether oxygens (including phenoxy) is 1. The zero-order chi connectivity index (χ0) is 36.9. The van der Waals surface area contributed by atoms with Crippen LogP contribution in [0.3, 0.4) is 0 Å². The molecule has 10 nitrogen and oxygen atoms in total. The quantitative estimate of drug-likeness (QED) is 0.194. The number of benzene rings is 2. The van der Waals surface area contributed by atoms with Gasteiger partial charge in [0.2, 0.25) is 5.82 Å². The lowest BCUT2D eigenvalue weighted by Gasteiger charge is -2.31. The number of nitrogens with one attached hydrogen (secondary N) is 1. The van der Waals surface area contributed by atoms with Crippen molar-refractivity contribution in [2.75, 3.05) is 11.5 Å². The fourth-order valence-electron chi connectivity index (χ4n) is 7.09. The minimum Gasteiger partial charge on any atom is -0.481 e. The molecular weight excluding hydrogens is 677 g/mol. The van der Waals surface area contributed by atoms with Crippen LogP contribution in [0.25, 0.3) is 22.4 Å². The third-order valence-electron chi connectivity index (χ3n) is 9.99. The number of carbonyl (C=O) groups is 1. The summed E-state index contributed by atoms with van der Waals surface area (Å²) in [5.74, 6) is -2.94. The van der Waals surface area contributed by atoms with E-state index in [0.29, 0.717) is 48.4 Å². The molecule has 0 radical (unpaired) electrons. The summed E-state index contributed by atoms with van der Waals surface area (Å²) >= 11 is 0. The SMILES string of the molecule is Cn1nc2nc1-c1cc(ccn1)Oc1c(F)c(F)c3[nH]ccc3c1CCS(=O)(=O)CC(C)(C)CCC[C@]2(C)c1cccc(CC(C)(C)C(=O)O)c1. The Morgan fingerprint density at radius 3 is 2.61 bits per heavy atom. The Bertz CT molecular complexity index is 2240. The van der Waals surface area contributed by atoms with Gasteiger partial charge in [-0.2, -0.15) is 9.49 Å². The predicted molar refractivity (Wildman–Crippen MR) is 191 cm³/mol. The number of fused-ring (bicyclic) bond motifs is 8. The van der Waals surface area contributed by atoms with E-state index in [0.717, 1.165) is 11.1 Å². The first-order chi connectivity index (χ1) is 23.9. The molecule has 0 saturated heterocycles. The van der Waals surface area contributed by atoms with Gasteiger partial charge in [0.25, 0.3) is 0 Å². The van der Waals surface area contributed by atoms with Crippen molar-refractivity contribution < 1.29 is 31.8 Å². The topological polar surface area (TPSA) is 140 Å². The number of aromatic nitrogens is 5. The summed E-state index contributed by atoms with van der Waals surface area (Å²) in [5, 5.41) is 15.0. The largest absolute Gasteiger partial charge is 0.481 e. The van der Waals surface area contributed by atoms with Crippen molar-refractivity contribution in [2.45, 2.75) is 72.1 Å². The Kier molecular flexibility index (Phi) is 9.32. The first-order valence-electron chi connectivity index (χ1n) is 17.0. The van der Waals surface area contributed by atoms with Crippen molar-refractivity contribution in [3.63, 3.8) is 0 Å². The average Bonchev–Trinajstić information content (AvgIpc) is 3.70. The fourth-order valence-corrected chi connectivity index (χ4v) is 9.09. The highest BCUT2D eigenvalue weighted by Gasteiger charge is 2.37. The first-order valence-corrected chi connectivity index (χ1v) is 18.8. The molecule has 2 N–H and O–H groups in total. The molecule has 13 heteroatoms. The van der Waals surface area contributed by atoms with Gasteiger partial charge in [-0.3, -0.25) is 9.78 Å². The van der Waals surface area contributed by atoms with Crippen LogP contribution in [0.5, 0.6) is 11.5 Å². The number of carboxylic acid groups (broad SMARTS) is 1. The molecule has 6 rings (SSSR count). The van der Waals surface area contributed by atoms with Crippen LogP contribution in [0.1, 0.15) is 76.4 Å². The van der Waals surface area contributed by atoms with E-state index in [1.807, 2.05) is 45.0 Å². The van der Waals surface area contributed by atoms with Gasteiger partial charge < -0.3 is 14.8 Å². The number of halogens is 2. The first kappa shape index (κ1) is 36.2. The third-order valence-corrected chi connectivity index (χ3v) is 12.0. The van der Waals surface area contributed by atoms with Gasteiger partial charge in [0.1, 0.15) is 11.4 Å². The summed E-state index contributed by atoms with van der Waals surface area (Å²) in [5.41, 5.74) is -0.0282. The zero-order valence-electron chi connectivity index (χ0n) is 29.7. The van der Waals surface area contributed by atoms with Gasteiger partial charge in [-0.15, -0.1) is 0 Å². The lowest BCUT2D eigenvalue weighted by Crippen LogP contribution is -2.30. The van der Waals surface area contributed by atoms with Gasteiger partial charge in [0.05, 0.1) is 27.9 Å². The van der Waals surface area contributed by atoms with Crippen LogP contribution in [0.15, 0.2) is 54.9 Å². The van der Waals surface area contributed by atoms with Gasteiger partial charge in [-0.1, -0.05) is 44.5 Å². The van der Waals surface area contributed by atoms with Crippen molar-refractivity contribution in [3.8, 4) is 23.0 Å². The second-order valence-corrected chi connectivity index (χ2v) is 17.5. The molecule has 1 aliphatic heterocycles. The van der Waals surface area contributed by atoms with Crippen LogP contribution in [-0.2, 0) is 39.9 Å². The zero-order valence-corrected chi connectivity index (χ0v) is 30.5. The Labute approximate surface area is 296 Å². The molecular formula is C38H43F2N5O5S. The van der Waals surface area contributed by atoms with Gasteiger partial charge >= 0.3 is 5.97 Å². The maximum Gasteiger partial charge on any atom is 0.309 e. The number of rotatable bonds is 4. The maximum atomic E-state index is 15.7. The van der Waals surface area contributed by atoms with Crippen molar-refractivity contribution >= 4 is 26.7 Å². The van der Waals surface area contributed by atoms with Gasteiger partial charge in [-0.25, -0.2) is 22.5 Å². The van der Waals surface area contributed by atoms with Crippen LogP contribution < -0.4 is 4.74 Å². The summed E-state index contributed by atoms with van der Waals surface area (Å²) in [6, 6.07) is 12.5. The third kappa shape index (κ3) is 7.26. The van der Waals surface area contributed by atoms with Gasteiger partial charge in [0.15, 0.2) is 33.1 Å². The molecule has 4 bridgehead atoms. The van der Waals surface area contributed by atoms with Crippen LogP contribution in [0.4, 0.5) is 8.78 Å². The second kappa shape index (κ2) is 13.2. The van der Waals surface area contributed by atoms with E-state index < -0.39 is 43.7 Å². The Morgan fingerprint density at radius 1 is 1.10 bits per heavy atom. The summed E-state index contributed by atoms with van der Waals surface area (Å²) in [6.45, 7) is 9.26. The fraction of sp³-hybridized carbons (Fsp3) is 0.421. The molecule has 5 aromatic rings. The van der Waals surface area contributed by atoms with E-state index in [9.17, 15) is 18.3 Å². The molecule has 4 heterocycles. The van der Waals surface area contributed by atoms with Crippen LogP contribution in [0, 0.1) is 22.5 Å². The van der Waals surface area contributed by atoms with Crippen molar-refractivity contribution in [3.05, 3.63) is 89.0 Å². The molecule has 0 unspecified atom stereocenters. The Morgan fingerprint density at radius 2 is 1.86 bits per heavy atom. The molecule has 0 amide bonds. The van der Waals surface area contributed by atoms with Crippen molar-refractivity contribution in [2.24, 2.45) is 17.9 Å². The number of hydrogen-bond donors (Lipinski definition) is 2. The van der Waals surface area contributed by atoms with Gasteiger partial charge in [-0.05, 0) is 75.1 Å². The minimum absolute atomic E-state index is 0.0593. The molecule has 0 fully saturated rings. The van der Waals surface area contributed by atoms with E-state index in [1.165, 1.54) is 18.5 Å². The highest BCUT2D eigenvalue weighted by atomic mass is 32.2. The number of aromatic amines is 1. The van der Waals surface area contributed by atoms with Crippen molar-refractivity contribution in [1.29, 1.82) is 0 Å². The van der Waals surface area contributed by atoms with E-state index in [1.54, 1.807) is 37.7 Å². The molecule has 0 spiro atoms. The van der Waals surface area contributed by atoms with Crippen LogP contribution in [0.2, 0.25) is 0 Å². The Balaban J connectivity index is 1.49. The normalized spacial score (nSPS) is 19.5. The minimum atomic E-state index is -3.66. The monoisotopic (exact) mass is 719 g/mol. The second-order valence-electron chi connectivity index (χ2n) is 15.3. The molecule has 51 heavy (non-hydrogen) atoms. The average molecular weight is 720 g/mol. The highest BCUT2D eigenvalue weighted by molar-refractivity contribution is 7.91. The molecule has 3 aromatic heterocycles. The van der Waals surface area contributed by atoms with E-state index in [-0.39, 0.29) is 40.5 Å². The molecule has 2 aromatic carbocycles. The number of sulfone groups is 1. The standard InChI is InChI=1S/C38H43F2N5O5S/c1-36(2)14-8-15-38(5,24-10-7-9-23(19-24)21-37(3,4)35(46)47)34-43-33(45(6)44-34)28-20-25(11-16-41-28)50-32-27(13-18-51(48,49)22-36)26-12-17-42-31(26)29(39)30(32)40/h7,9-12,16-17,19-20,42H,8,13-15,18,21-22H2,1-6H3,(H,46,47)/t38-/m1/s1. The summed E-state index contributed by atoms with van der Waals surface area (Å²) in [6.07, 6.45) is 4.96. The molecule has 0 saturated carbocycles. The number of aryl methyl sites for hydroxylation is 2. The van der Waals surface area contributed by atoms with Gasteiger partial charge in [0, 0.05) is 36.5 Å². The van der Waals surface area contributed by atoms with Crippen LogP contribution in [-0.4, -0.2) is 55.7 Å². The Hall–Kier alpha value is -4.65. The van der Waals surface area contributed by atoms with E-state index >= 15 is 8.78 Å². The molecule has 1 atom stereocenters. The molecule has 0 aliphatic carbocycles. The summed E-state index contributed by atoms with van der Waals surface area (Å²) in [7, 11) is -1.91. The number of aliphatic carboxylic acids is 1. The van der Waals surface area contributed by atoms with E-state index in [2.05, 4.69) is 9.97 Å². The molecule has 270 valence electrons. The van der Waals surface area contributed by atoms with Crippen molar-refractivity contribution in [1.82, 2.24) is 24.7 Å². The lowest BCUT2D eigenvalue weighted by molar-refractivity contribution is -0.146. The maximum absolute atomic E-state index is 15.7. The predicted octanol–water partition coefficient (Wildman–Crippen LogP) is 7.56. The van der Waals surface area contributed by atoms with Crippen LogP contribution >= 0.6 is 0 Å². The highest BCUT2D eigenvalue weighted by Crippen LogP contribution is 2.41. The number of H-pyrrole nitrogens is 1. The molecule has 1 aliphatic rings. The summed E-state index contributed by atoms with van der Waals surface area (Å²) < 4.78 is 65.9. The van der Waals surface area contributed by atoms with E-state index in [4.69, 9.17) is 14.8 Å². The number of hydrogen-bond acceptors (Lipinski definition) is 7. The number of nitrogens with zero attached hydrogens (tertiary/aromatic N) is 4. The number of carboxylic acids is 1.